The molecular formula is C15H18OS. The summed E-state index contributed by atoms with van der Waals surface area (Å²) in [5.74, 6) is 0. The third-order valence-electron chi connectivity index (χ3n) is 3.19. The van der Waals surface area contributed by atoms with E-state index in [2.05, 4.69) is 6.58 Å². The molecule has 90 valence electrons. The predicted octanol–water partition coefficient (Wildman–Crippen LogP) is 4.29. The summed E-state index contributed by atoms with van der Waals surface area (Å²) >= 11 is 1.49. The number of carbonyl (C=O) groups excluding carboxylic acids is 1. The summed E-state index contributed by atoms with van der Waals surface area (Å²) in [4.78, 5) is 12.1. The van der Waals surface area contributed by atoms with Crippen LogP contribution in [0.15, 0.2) is 36.9 Å². The molecule has 0 radical (unpaired) electrons. The molecule has 1 aliphatic carbocycles. The van der Waals surface area contributed by atoms with Gasteiger partial charge in [0.05, 0.1) is 0 Å². The number of benzene rings is 1. The molecule has 0 amide bonds. The fourth-order valence-corrected chi connectivity index (χ4v) is 3.29. The lowest BCUT2D eigenvalue weighted by molar-refractivity contribution is -0.106. The molecule has 0 heterocycles. The molecule has 1 fully saturated rings. The Balaban J connectivity index is 1.93. The highest BCUT2D eigenvalue weighted by Crippen LogP contribution is 2.31. The van der Waals surface area contributed by atoms with E-state index < -0.39 is 0 Å². The monoisotopic (exact) mass is 246 g/mol. The van der Waals surface area contributed by atoms with Gasteiger partial charge in [0.25, 0.3) is 0 Å². The fraction of sp³-hybridized carbons (Fsp3) is 0.400. The van der Waals surface area contributed by atoms with Crippen molar-refractivity contribution < 1.29 is 4.79 Å². The zero-order chi connectivity index (χ0) is 12.1. The Bertz CT molecular complexity index is 391. The molecule has 1 saturated carbocycles. The van der Waals surface area contributed by atoms with Crippen molar-refractivity contribution in [3.05, 3.63) is 42.5 Å². The van der Waals surface area contributed by atoms with Crippen molar-refractivity contribution in [1.82, 2.24) is 0 Å². The van der Waals surface area contributed by atoms with Gasteiger partial charge in [-0.25, -0.2) is 0 Å². The first-order chi connectivity index (χ1) is 8.27. The van der Waals surface area contributed by atoms with Crippen molar-refractivity contribution in [2.45, 2.75) is 37.4 Å². The van der Waals surface area contributed by atoms with Gasteiger partial charge in [0.15, 0.2) is 0 Å². The molecule has 1 nitrogen and oxygen atoms in total. The van der Waals surface area contributed by atoms with Crippen molar-refractivity contribution in [3.63, 3.8) is 0 Å². The summed E-state index contributed by atoms with van der Waals surface area (Å²) in [7, 11) is 0. The van der Waals surface area contributed by atoms with Crippen LogP contribution in [0.3, 0.4) is 0 Å². The SMILES string of the molecule is C=C(C(=O)SC1CCCCC1)c1ccccc1. The Morgan fingerprint density at radius 2 is 1.76 bits per heavy atom. The van der Waals surface area contributed by atoms with Crippen LogP contribution in [0.1, 0.15) is 37.7 Å². The molecule has 1 aliphatic rings. The minimum Gasteiger partial charge on any atom is -0.282 e. The number of rotatable bonds is 3. The Hall–Kier alpha value is -1.02. The smallest absolute Gasteiger partial charge is 0.219 e. The van der Waals surface area contributed by atoms with Crippen LogP contribution in [-0.2, 0) is 4.79 Å². The lowest BCUT2D eigenvalue weighted by Gasteiger charge is -2.20. The summed E-state index contributed by atoms with van der Waals surface area (Å²) in [6, 6.07) is 9.73. The molecular weight excluding hydrogens is 228 g/mol. The second kappa shape index (κ2) is 6.06. The summed E-state index contributed by atoms with van der Waals surface area (Å²) in [6.45, 7) is 3.92. The maximum atomic E-state index is 12.1. The first-order valence-corrected chi connectivity index (χ1v) is 7.10. The van der Waals surface area contributed by atoms with Crippen LogP contribution in [0.4, 0.5) is 0 Å². The van der Waals surface area contributed by atoms with E-state index in [1.165, 1.54) is 43.9 Å². The lowest BCUT2D eigenvalue weighted by atomic mass is 10.0. The molecule has 2 heteroatoms. The highest BCUT2D eigenvalue weighted by Gasteiger charge is 2.19. The second-order valence-corrected chi connectivity index (χ2v) is 5.78. The normalized spacial score (nSPS) is 16.7. The summed E-state index contributed by atoms with van der Waals surface area (Å²) < 4.78 is 0. The average Bonchev–Trinajstić information content (AvgIpc) is 2.40. The summed E-state index contributed by atoms with van der Waals surface area (Å²) in [6.07, 6.45) is 6.22. The summed E-state index contributed by atoms with van der Waals surface area (Å²) in [5.41, 5.74) is 1.59. The van der Waals surface area contributed by atoms with Crippen LogP contribution < -0.4 is 0 Å². The highest BCUT2D eigenvalue weighted by molar-refractivity contribution is 8.15. The Morgan fingerprint density at radius 3 is 2.41 bits per heavy atom. The number of hydrogen-bond donors (Lipinski definition) is 0. The zero-order valence-corrected chi connectivity index (χ0v) is 10.8. The van der Waals surface area contributed by atoms with Gasteiger partial charge < -0.3 is 0 Å². The number of carbonyl (C=O) groups is 1. The van der Waals surface area contributed by atoms with E-state index >= 15 is 0 Å². The Kier molecular flexibility index (Phi) is 4.43. The third kappa shape index (κ3) is 3.47. The quantitative estimate of drug-likeness (QED) is 0.740. The van der Waals surface area contributed by atoms with E-state index in [4.69, 9.17) is 0 Å². The first kappa shape index (κ1) is 12.4. The van der Waals surface area contributed by atoms with Crippen molar-refractivity contribution in [2.75, 3.05) is 0 Å². The lowest BCUT2D eigenvalue weighted by Crippen LogP contribution is -2.11. The van der Waals surface area contributed by atoms with E-state index in [9.17, 15) is 4.79 Å². The molecule has 0 aliphatic heterocycles. The molecule has 0 unspecified atom stereocenters. The fourth-order valence-electron chi connectivity index (χ4n) is 2.16. The second-order valence-electron chi connectivity index (χ2n) is 4.51. The van der Waals surface area contributed by atoms with Crippen LogP contribution >= 0.6 is 11.8 Å². The van der Waals surface area contributed by atoms with Crippen LogP contribution in [0, 0.1) is 0 Å². The van der Waals surface area contributed by atoms with E-state index in [1.807, 2.05) is 30.3 Å². The van der Waals surface area contributed by atoms with Gasteiger partial charge in [-0.2, -0.15) is 0 Å². The standard InChI is InChI=1S/C15H18OS/c1-12(13-8-4-2-5-9-13)15(16)17-14-10-6-3-7-11-14/h2,4-5,8-9,14H,1,3,6-7,10-11H2. The van der Waals surface area contributed by atoms with Crippen LogP contribution in [0.2, 0.25) is 0 Å². The van der Waals surface area contributed by atoms with Crippen molar-refractivity contribution in [3.8, 4) is 0 Å². The van der Waals surface area contributed by atoms with Crippen molar-refractivity contribution in [2.24, 2.45) is 0 Å². The van der Waals surface area contributed by atoms with E-state index in [0.29, 0.717) is 10.8 Å². The topological polar surface area (TPSA) is 17.1 Å². The largest absolute Gasteiger partial charge is 0.282 e. The molecule has 0 bridgehead atoms. The van der Waals surface area contributed by atoms with E-state index in [0.717, 1.165) is 5.56 Å². The van der Waals surface area contributed by atoms with Gasteiger partial charge in [0.1, 0.15) is 0 Å². The molecule has 17 heavy (non-hydrogen) atoms. The van der Waals surface area contributed by atoms with Gasteiger partial charge in [-0.1, -0.05) is 67.9 Å². The van der Waals surface area contributed by atoms with E-state index in [-0.39, 0.29) is 5.12 Å². The van der Waals surface area contributed by atoms with Crippen molar-refractivity contribution >= 4 is 22.5 Å². The highest BCUT2D eigenvalue weighted by atomic mass is 32.2. The molecule has 0 spiro atoms. The minimum atomic E-state index is 0.142. The maximum Gasteiger partial charge on any atom is 0.219 e. The predicted molar refractivity (Wildman–Crippen MR) is 74.9 cm³/mol. The van der Waals surface area contributed by atoms with E-state index in [1.54, 1.807) is 0 Å². The van der Waals surface area contributed by atoms with Crippen LogP contribution in [0.5, 0.6) is 0 Å². The van der Waals surface area contributed by atoms with Gasteiger partial charge >= 0.3 is 0 Å². The van der Waals surface area contributed by atoms with Crippen LogP contribution in [-0.4, -0.2) is 10.4 Å². The number of thioether (sulfide) groups is 1. The Labute approximate surface area is 107 Å². The maximum absolute atomic E-state index is 12.1. The average molecular weight is 246 g/mol. The van der Waals surface area contributed by atoms with Gasteiger partial charge in [-0.15, -0.1) is 0 Å². The summed E-state index contributed by atoms with van der Waals surface area (Å²) in [5, 5.41) is 0.653. The van der Waals surface area contributed by atoms with Crippen LogP contribution in [0.25, 0.3) is 5.57 Å². The molecule has 0 saturated heterocycles. The van der Waals surface area contributed by atoms with Gasteiger partial charge in [0, 0.05) is 10.8 Å². The van der Waals surface area contributed by atoms with Gasteiger partial charge in [0.2, 0.25) is 5.12 Å². The Morgan fingerprint density at radius 1 is 1.12 bits per heavy atom. The van der Waals surface area contributed by atoms with Gasteiger partial charge in [-0.3, -0.25) is 4.79 Å². The zero-order valence-electron chi connectivity index (χ0n) is 10.0. The molecule has 1 aromatic rings. The minimum absolute atomic E-state index is 0.142. The molecule has 0 aromatic heterocycles. The molecule has 1 aromatic carbocycles. The molecule has 0 atom stereocenters. The van der Waals surface area contributed by atoms with Gasteiger partial charge in [-0.05, 0) is 18.4 Å². The van der Waals surface area contributed by atoms with Crippen molar-refractivity contribution in [1.29, 1.82) is 0 Å². The molecule has 0 N–H and O–H groups in total. The third-order valence-corrected chi connectivity index (χ3v) is 4.46. The first-order valence-electron chi connectivity index (χ1n) is 6.22. The molecule has 2 rings (SSSR count). The number of hydrogen-bond acceptors (Lipinski definition) is 2.